The van der Waals surface area contributed by atoms with Gasteiger partial charge in [-0.05, 0) is 36.5 Å². The molecule has 0 radical (unpaired) electrons. The molecule has 5 nitrogen and oxygen atoms in total. The SMILES string of the molecule is O=C(CCn1ccccc1=O)N1CCC(N2CCc3ccccc3C2)CC1. The van der Waals surface area contributed by atoms with Gasteiger partial charge >= 0.3 is 0 Å². The van der Waals surface area contributed by atoms with Crippen LogP contribution in [-0.2, 0) is 24.3 Å². The first-order chi connectivity index (χ1) is 13.2. The Morgan fingerprint density at radius 2 is 1.70 bits per heavy atom. The number of amides is 1. The summed E-state index contributed by atoms with van der Waals surface area (Å²) in [6, 6.07) is 14.4. The largest absolute Gasteiger partial charge is 0.343 e. The van der Waals surface area contributed by atoms with Crippen LogP contribution >= 0.6 is 0 Å². The van der Waals surface area contributed by atoms with Gasteiger partial charge in [-0.1, -0.05) is 30.3 Å². The molecule has 1 amide bonds. The number of aryl methyl sites for hydroxylation is 1. The zero-order valence-electron chi connectivity index (χ0n) is 15.7. The quantitative estimate of drug-likeness (QED) is 0.835. The number of piperidine rings is 1. The average Bonchev–Trinajstić information content (AvgIpc) is 2.73. The third kappa shape index (κ3) is 4.14. The van der Waals surface area contributed by atoms with Gasteiger partial charge in [0.15, 0.2) is 0 Å². The minimum atomic E-state index is -0.0469. The predicted octanol–water partition coefficient (Wildman–Crippen LogP) is 2.29. The lowest BCUT2D eigenvalue weighted by Gasteiger charge is -2.40. The number of carbonyl (C=O) groups excluding carboxylic acids is 1. The molecule has 2 aromatic rings. The molecule has 0 saturated carbocycles. The summed E-state index contributed by atoms with van der Waals surface area (Å²) in [5, 5.41) is 0. The summed E-state index contributed by atoms with van der Waals surface area (Å²) < 4.78 is 1.61. The van der Waals surface area contributed by atoms with Crippen molar-refractivity contribution in [2.75, 3.05) is 19.6 Å². The molecule has 0 spiro atoms. The molecule has 27 heavy (non-hydrogen) atoms. The molecule has 2 aliphatic rings. The van der Waals surface area contributed by atoms with E-state index in [0.717, 1.165) is 45.4 Å². The van der Waals surface area contributed by atoms with Gasteiger partial charge in [0, 0.05) is 57.4 Å². The molecule has 0 unspecified atom stereocenters. The Morgan fingerprint density at radius 1 is 0.963 bits per heavy atom. The predicted molar refractivity (Wildman–Crippen MR) is 105 cm³/mol. The number of likely N-dealkylation sites (tertiary alicyclic amines) is 1. The lowest BCUT2D eigenvalue weighted by molar-refractivity contribution is -0.133. The molecular weight excluding hydrogens is 338 g/mol. The van der Waals surface area contributed by atoms with Crippen molar-refractivity contribution in [2.24, 2.45) is 0 Å². The zero-order chi connectivity index (χ0) is 18.6. The van der Waals surface area contributed by atoms with E-state index in [0.29, 0.717) is 19.0 Å². The molecule has 1 fully saturated rings. The van der Waals surface area contributed by atoms with Crippen molar-refractivity contribution in [3.63, 3.8) is 0 Å². The van der Waals surface area contributed by atoms with Gasteiger partial charge in [-0.2, -0.15) is 0 Å². The number of hydrogen-bond acceptors (Lipinski definition) is 3. The number of benzene rings is 1. The second kappa shape index (κ2) is 8.09. The van der Waals surface area contributed by atoms with E-state index in [1.54, 1.807) is 16.8 Å². The minimum absolute atomic E-state index is 0.0469. The number of rotatable bonds is 4. The third-order valence-corrected chi connectivity index (χ3v) is 5.96. The van der Waals surface area contributed by atoms with Crippen LogP contribution in [0.5, 0.6) is 0 Å². The molecule has 0 N–H and O–H groups in total. The fourth-order valence-corrected chi connectivity index (χ4v) is 4.33. The molecular formula is C22H27N3O2. The molecule has 4 rings (SSSR count). The van der Waals surface area contributed by atoms with Crippen molar-refractivity contribution in [1.82, 2.24) is 14.4 Å². The molecule has 1 aromatic heterocycles. The number of carbonyl (C=O) groups is 1. The molecule has 3 heterocycles. The van der Waals surface area contributed by atoms with Gasteiger partial charge in [-0.15, -0.1) is 0 Å². The van der Waals surface area contributed by atoms with Crippen LogP contribution in [-0.4, -0.2) is 46.0 Å². The van der Waals surface area contributed by atoms with Crippen molar-refractivity contribution in [1.29, 1.82) is 0 Å². The number of fused-ring (bicyclic) bond motifs is 1. The molecule has 0 bridgehead atoms. The first-order valence-corrected chi connectivity index (χ1v) is 9.95. The normalized spacial score (nSPS) is 18.3. The summed E-state index contributed by atoms with van der Waals surface area (Å²) in [6.45, 7) is 4.26. The third-order valence-electron chi connectivity index (χ3n) is 5.96. The summed E-state index contributed by atoms with van der Waals surface area (Å²) in [7, 11) is 0. The van der Waals surface area contributed by atoms with Crippen LogP contribution in [0.4, 0.5) is 0 Å². The highest BCUT2D eigenvalue weighted by atomic mass is 16.2. The van der Waals surface area contributed by atoms with Crippen molar-refractivity contribution >= 4 is 5.91 Å². The molecule has 2 aliphatic heterocycles. The van der Waals surface area contributed by atoms with E-state index in [2.05, 4.69) is 29.2 Å². The smallest absolute Gasteiger partial charge is 0.250 e. The monoisotopic (exact) mass is 365 g/mol. The van der Waals surface area contributed by atoms with E-state index < -0.39 is 0 Å². The number of aromatic nitrogens is 1. The van der Waals surface area contributed by atoms with Gasteiger partial charge in [0.1, 0.15) is 0 Å². The average molecular weight is 365 g/mol. The maximum Gasteiger partial charge on any atom is 0.250 e. The van der Waals surface area contributed by atoms with Crippen molar-refractivity contribution in [2.45, 2.75) is 44.8 Å². The van der Waals surface area contributed by atoms with Crippen LogP contribution in [0.3, 0.4) is 0 Å². The summed E-state index contributed by atoms with van der Waals surface area (Å²) >= 11 is 0. The molecule has 1 saturated heterocycles. The molecule has 1 aromatic carbocycles. The Kier molecular flexibility index (Phi) is 5.39. The van der Waals surface area contributed by atoms with Crippen molar-refractivity contribution in [3.05, 3.63) is 70.1 Å². The van der Waals surface area contributed by atoms with E-state index in [9.17, 15) is 9.59 Å². The zero-order valence-corrected chi connectivity index (χ0v) is 15.7. The van der Waals surface area contributed by atoms with E-state index in [-0.39, 0.29) is 11.5 Å². The Balaban J connectivity index is 1.27. The highest BCUT2D eigenvalue weighted by Crippen LogP contribution is 2.25. The fraction of sp³-hybridized carbons (Fsp3) is 0.455. The van der Waals surface area contributed by atoms with Crippen LogP contribution in [0, 0.1) is 0 Å². The van der Waals surface area contributed by atoms with E-state index >= 15 is 0 Å². The van der Waals surface area contributed by atoms with Gasteiger partial charge in [-0.25, -0.2) is 0 Å². The lowest BCUT2D eigenvalue weighted by atomic mass is 9.95. The Labute approximate surface area is 160 Å². The Morgan fingerprint density at radius 3 is 2.48 bits per heavy atom. The van der Waals surface area contributed by atoms with Gasteiger partial charge in [0.05, 0.1) is 0 Å². The highest BCUT2D eigenvalue weighted by molar-refractivity contribution is 5.76. The summed E-state index contributed by atoms with van der Waals surface area (Å²) in [5.74, 6) is 0.160. The van der Waals surface area contributed by atoms with Gasteiger partial charge < -0.3 is 9.47 Å². The minimum Gasteiger partial charge on any atom is -0.343 e. The maximum atomic E-state index is 12.5. The molecule has 0 aliphatic carbocycles. The van der Waals surface area contributed by atoms with E-state index in [1.165, 1.54) is 17.2 Å². The molecule has 0 atom stereocenters. The molecule has 5 heteroatoms. The van der Waals surface area contributed by atoms with Gasteiger partial charge in [-0.3, -0.25) is 14.5 Å². The van der Waals surface area contributed by atoms with Crippen LogP contribution in [0.1, 0.15) is 30.4 Å². The van der Waals surface area contributed by atoms with Gasteiger partial charge in [0.25, 0.3) is 5.56 Å². The summed E-state index contributed by atoms with van der Waals surface area (Å²) in [5.41, 5.74) is 2.89. The first kappa shape index (κ1) is 18.0. The summed E-state index contributed by atoms with van der Waals surface area (Å²) in [6.07, 6.45) is 5.35. The fourth-order valence-electron chi connectivity index (χ4n) is 4.33. The van der Waals surface area contributed by atoms with E-state index in [4.69, 9.17) is 0 Å². The highest BCUT2D eigenvalue weighted by Gasteiger charge is 2.28. The van der Waals surface area contributed by atoms with Crippen molar-refractivity contribution < 1.29 is 4.79 Å². The maximum absolute atomic E-state index is 12.5. The van der Waals surface area contributed by atoms with Crippen LogP contribution in [0.25, 0.3) is 0 Å². The van der Waals surface area contributed by atoms with Crippen LogP contribution < -0.4 is 5.56 Å². The van der Waals surface area contributed by atoms with Crippen LogP contribution in [0.2, 0.25) is 0 Å². The Bertz CT molecular complexity index is 852. The second-order valence-corrected chi connectivity index (χ2v) is 7.58. The second-order valence-electron chi connectivity index (χ2n) is 7.58. The molecule has 142 valence electrons. The van der Waals surface area contributed by atoms with Crippen molar-refractivity contribution in [3.8, 4) is 0 Å². The number of pyridine rings is 1. The van der Waals surface area contributed by atoms with Crippen LogP contribution in [0.15, 0.2) is 53.5 Å². The van der Waals surface area contributed by atoms with Gasteiger partial charge in [0.2, 0.25) is 5.91 Å². The summed E-state index contributed by atoms with van der Waals surface area (Å²) in [4.78, 5) is 28.8. The Hall–Kier alpha value is -2.40. The number of nitrogens with zero attached hydrogens (tertiary/aromatic N) is 3. The first-order valence-electron chi connectivity index (χ1n) is 9.95. The van der Waals surface area contributed by atoms with E-state index in [1.807, 2.05) is 11.0 Å². The number of hydrogen-bond donors (Lipinski definition) is 0. The topological polar surface area (TPSA) is 45.6 Å². The lowest BCUT2D eigenvalue weighted by Crippen LogP contribution is -2.48. The standard InChI is InChI=1S/C22H27N3O2/c26-21-7-3-4-12-23(21)16-11-22(27)24-14-9-20(10-15-24)25-13-8-18-5-1-2-6-19(18)17-25/h1-7,12,20H,8-11,13-17H2.